The highest BCUT2D eigenvalue weighted by Crippen LogP contribution is 2.21. The average Bonchev–Trinajstić information content (AvgIpc) is 3.04. The lowest BCUT2D eigenvalue weighted by Crippen LogP contribution is -2.44. The van der Waals surface area contributed by atoms with E-state index in [0.29, 0.717) is 11.5 Å². The third-order valence-electron chi connectivity index (χ3n) is 4.93. The minimum absolute atomic E-state index is 0.0159. The fraction of sp³-hybridized carbons (Fsp3) is 0.611. The third kappa shape index (κ3) is 4.28. The van der Waals surface area contributed by atoms with Crippen LogP contribution in [0.3, 0.4) is 0 Å². The van der Waals surface area contributed by atoms with Crippen LogP contribution in [-0.4, -0.2) is 48.4 Å². The summed E-state index contributed by atoms with van der Waals surface area (Å²) in [5.41, 5.74) is 0.538. The molecule has 0 spiro atoms. The molecule has 2 fully saturated rings. The Morgan fingerprint density at radius 2 is 1.87 bits per heavy atom. The van der Waals surface area contributed by atoms with Crippen molar-refractivity contribution < 1.29 is 13.6 Å². The molecule has 0 aromatic heterocycles. The van der Waals surface area contributed by atoms with Crippen LogP contribution >= 0.6 is 0 Å². The summed E-state index contributed by atoms with van der Waals surface area (Å²) in [5.74, 6) is -1.21. The Bertz CT molecular complexity index is 558. The fourth-order valence-electron chi connectivity index (χ4n) is 3.71. The molecule has 0 saturated carbocycles. The standard InChI is InChI=1S/C18H24F2N2O/c19-16-6-5-14(10-17(16)20)11-18(23)22-9-3-4-15(13-22)12-21-7-1-2-8-21/h5-6,10,15H,1-4,7-9,11-13H2. The molecule has 2 aliphatic rings. The molecule has 0 bridgehead atoms. The van der Waals surface area contributed by atoms with E-state index in [1.807, 2.05) is 4.90 Å². The van der Waals surface area contributed by atoms with Crippen LogP contribution in [-0.2, 0) is 11.2 Å². The zero-order valence-electron chi connectivity index (χ0n) is 13.4. The van der Waals surface area contributed by atoms with Crippen LogP contribution in [0.4, 0.5) is 8.78 Å². The molecule has 2 heterocycles. The highest BCUT2D eigenvalue weighted by Gasteiger charge is 2.26. The summed E-state index contributed by atoms with van der Waals surface area (Å²) in [6.07, 6.45) is 4.91. The van der Waals surface area contributed by atoms with Gasteiger partial charge >= 0.3 is 0 Å². The first-order chi connectivity index (χ1) is 11.1. The monoisotopic (exact) mass is 322 g/mol. The van der Waals surface area contributed by atoms with Crippen LogP contribution in [0.2, 0.25) is 0 Å². The molecule has 5 heteroatoms. The predicted molar refractivity (Wildman–Crippen MR) is 85.0 cm³/mol. The molecule has 0 aliphatic carbocycles. The number of benzene rings is 1. The first kappa shape index (κ1) is 16.4. The SMILES string of the molecule is O=C(Cc1ccc(F)c(F)c1)N1CCCC(CN2CCCC2)C1. The summed E-state index contributed by atoms with van der Waals surface area (Å²) in [7, 11) is 0. The number of hydrogen-bond donors (Lipinski definition) is 0. The van der Waals surface area contributed by atoms with E-state index >= 15 is 0 Å². The van der Waals surface area contributed by atoms with Gasteiger partial charge in [0.15, 0.2) is 11.6 Å². The van der Waals surface area contributed by atoms with Crippen molar-refractivity contribution in [3.63, 3.8) is 0 Å². The highest BCUT2D eigenvalue weighted by molar-refractivity contribution is 5.78. The maximum absolute atomic E-state index is 13.3. The van der Waals surface area contributed by atoms with E-state index in [1.165, 1.54) is 38.4 Å². The normalized spacial score (nSPS) is 22.5. The van der Waals surface area contributed by atoms with Gasteiger partial charge in [-0.25, -0.2) is 8.78 Å². The molecule has 1 aromatic rings. The summed E-state index contributed by atoms with van der Waals surface area (Å²) < 4.78 is 26.2. The minimum Gasteiger partial charge on any atom is -0.342 e. The molecule has 1 unspecified atom stereocenters. The molecule has 0 radical (unpaired) electrons. The van der Waals surface area contributed by atoms with Gasteiger partial charge in [-0.15, -0.1) is 0 Å². The van der Waals surface area contributed by atoms with E-state index in [2.05, 4.69) is 4.90 Å². The van der Waals surface area contributed by atoms with Gasteiger partial charge in [0, 0.05) is 19.6 Å². The molecule has 1 atom stereocenters. The topological polar surface area (TPSA) is 23.6 Å². The van der Waals surface area contributed by atoms with Gasteiger partial charge in [-0.3, -0.25) is 4.79 Å². The Morgan fingerprint density at radius 3 is 2.61 bits per heavy atom. The zero-order chi connectivity index (χ0) is 16.2. The van der Waals surface area contributed by atoms with E-state index in [4.69, 9.17) is 0 Å². The molecule has 2 aliphatic heterocycles. The second kappa shape index (κ2) is 7.39. The van der Waals surface area contributed by atoms with Gasteiger partial charge in [-0.1, -0.05) is 6.07 Å². The van der Waals surface area contributed by atoms with Crippen molar-refractivity contribution in [1.29, 1.82) is 0 Å². The van der Waals surface area contributed by atoms with Crippen LogP contribution in [0.15, 0.2) is 18.2 Å². The number of carbonyl (C=O) groups excluding carboxylic acids is 1. The Morgan fingerprint density at radius 1 is 1.09 bits per heavy atom. The van der Waals surface area contributed by atoms with Crippen LogP contribution in [0.5, 0.6) is 0 Å². The van der Waals surface area contributed by atoms with Gasteiger partial charge < -0.3 is 9.80 Å². The maximum atomic E-state index is 13.3. The van der Waals surface area contributed by atoms with E-state index in [9.17, 15) is 13.6 Å². The third-order valence-corrected chi connectivity index (χ3v) is 4.93. The quantitative estimate of drug-likeness (QED) is 0.851. The van der Waals surface area contributed by atoms with Crippen molar-refractivity contribution in [2.24, 2.45) is 5.92 Å². The summed E-state index contributed by atoms with van der Waals surface area (Å²) >= 11 is 0. The van der Waals surface area contributed by atoms with Crippen molar-refractivity contribution in [3.8, 4) is 0 Å². The zero-order valence-corrected chi connectivity index (χ0v) is 13.4. The van der Waals surface area contributed by atoms with E-state index in [1.54, 1.807) is 0 Å². The molecule has 23 heavy (non-hydrogen) atoms. The molecule has 3 nitrogen and oxygen atoms in total. The number of rotatable bonds is 4. The summed E-state index contributed by atoms with van der Waals surface area (Å²) in [6, 6.07) is 3.70. The maximum Gasteiger partial charge on any atom is 0.227 e. The average molecular weight is 322 g/mol. The number of hydrogen-bond acceptors (Lipinski definition) is 2. The largest absolute Gasteiger partial charge is 0.342 e. The second-order valence-electron chi connectivity index (χ2n) is 6.78. The smallest absolute Gasteiger partial charge is 0.227 e. The second-order valence-corrected chi connectivity index (χ2v) is 6.78. The Kier molecular flexibility index (Phi) is 5.26. The summed E-state index contributed by atoms with van der Waals surface area (Å²) in [5, 5.41) is 0. The molecule has 0 N–H and O–H groups in total. The predicted octanol–water partition coefficient (Wildman–Crippen LogP) is 2.84. The van der Waals surface area contributed by atoms with Crippen LogP contribution < -0.4 is 0 Å². The number of piperidine rings is 1. The summed E-state index contributed by atoms with van der Waals surface area (Å²) in [4.78, 5) is 16.8. The number of nitrogens with zero attached hydrogens (tertiary/aromatic N) is 2. The molecular formula is C18H24F2N2O. The van der Waals surface area contributed by atoms with Crippen molar-refractivity contribution >= 4 is 5.91 Å². The fourth-order valence-corrected chi connectivity index (χ4v) is 3.71. The Labute approximate surface area is 136 Å². The van der Waals surface area contributed by atoms with Crippen LogP contribution in [0.1, 0.15) is 31.2 Å². The van der Waals surface area contributed by atoms with Crippen molar-refractivity contribution in [2.45, 2.75) is 32.1 Å². The van der Waals surface area contributed by atoms with Gasteiger partial charge in [0.1, 0.15) is 0 Å². The lowest BCUT2D eigenvalue weighted by Gasteiger charge is -2.34. The van der Waals surface area contributed by atoms with E-state index < -0.39 is 11.6 Å². The number of likely N-dealkylation sites (tertiary alicyclic amines) is 2. The van der Waals surface area contributed by atoms with Gasteiger partial charge in [0.05, 0.1) is 6.42 Å². The van der Waals surface area contributed by atoms with Crippen molar-refractivity contribution in [1.82, 2.24) is 9.80 Å². The first-order valence-corrected chi connectivity index (χ1v) is 8.56. The number of halogens is 2. The molecule has 3 rings (SSSR count). The van der Waals surface area contributed by atoms with Crippen LogP contribution in [0, 0.1) is 17.6 Å². The summed E-state index contributed by atoms with van der Waals surface area (Å²) in [6.45, 7) is 5.01. The molecule has 2 saturated heterocycles. The number of amides is 1. The molecular weight excluding hydrogens is 298 g/mol. The number of carbonyl (C=O) groups is 1. The lowest BCUT2D eigenvalue weighted by atomic mass is 9.97. The van der Waals surface area contributed by atoms with Gasteiger partial charge in [-0.2, -0.15) is 0 Å². The molecule has 1 amide bonds. The van der Waals surface area contributed by atoms with Gasteiger partial charge in [-0.05, 0) is 62.4 Å². The minimum atomic E-state index is -0.888. The van der Waals surface area contributed by atoms with Crippen molar-refractivity contribution in [2.75, 3.05) is 32.7 Å². The lowest BCUT2D eigenvalue weighted by molar-refractivity contribution is -0.132. The van der Waals surface area contributed by atoms with E-state index in [-0.39, 0.29) is 12.3 Å². The van der Waals surface area contributed by atoms with E-state index in [0.717, 1.165) is 38.2 Å². The highest BCUT2D eigenvalue weighted by atomic mass is 19.2. The van der Waals surface area contributed by atoms with Crippen LogP contribution in [0.25, 0.3) is 0 Å². The molecule has 1 aromatic carbocycles. The Hall–Kier alpha value is -1.49. The molecule has 126 valence electrons. The van der Waals surface area contributed by atoms with Gasteiger partial charge in [0.25, 0.3) is 0 Å². The van der Waals surface area contributed by atoms with Crippen molar-refractivity contribution in [3.05, 3.63) is 35.4 Å². The first-order valence-electron chi connectivity index (χ1n) is 8.56. The van der Waals surface area contributed by atoms with Gasteiger partial charge in [0.2, 0.25) is 5.91 Å². The Balaban J connectivity index is 1.54.